The Morgan fingerprint density at radius 3 is 2.55 bits per heavy atom. The van der Waals surface area contributed by atoms with E-state index in [1.807, 2.05) is 24.3 Å². The van der Waals surface area contributed by atoms with Crippen LogP contribution < -0.4 is 10.1 Å². The number of halogens is 1. The third-order valence-corrected chi connectivity index (χ3v) is 3.49. The smallest absolute Gasteiger partial charge is 0.271 e. The SMILES string of the molecule is COc1ccc(CNc2cc([N+](=O)[O-])ccc2Br)cc1. The van der Waals surface area contributed by atoms with Crippen LogP contribution in [0.25, 0.3) is 0 Å². The summed E-state index contributed by atoms with van der Waals surface area (Å²) < 4.78 is 5.88. The van der Waals surface area contributed by atoms with E-state index in [9.17, 15) is 10.1 Å². The third kappa shape index (κ3) is 3.48. The molecule has 20 heavy (non-hydrogen) atoms. The number of nitro benzene ring substituents is 1. The van der Waals surface area contributed by atoms with Crippen molar-refractivity contribution in [2.75, 3.05) is 12.4 Å². The van der Waals surface area contributed by atoms with Gasteiger partial charge in [-0.1, -0.05) is 12.1 Å². The molecule has 0 aliphatic rings. The molecule has 2 aromatic carbocycles. The van der Waals surface area contributed by atoms with Crippen molar-refractivity contribution in [3.05, 3.63) is 62.6 Å². The van der Waals surface area contributed by atoms with Gasteiger partial charge in [0.05, 0.1) is 17.7 Å². The second kappa shape index (κ2) is 6.38. The lowest BCUT2D eigenvalue weighted by Crippen LogP contribution is -2.01. The predicted molar refractivity (Wildman–Crippen MR) is 81.1 cm³/mol. The number of benzene rings is 2. The Morgan fingerprint density at radius 1 is 1.25 bits per heavy atom. The van der Waals surface area contributed by atoms with E-state index in [0.29, 0.717) is 12.2 Å². The van der Waals surface area contributed by atoms with Crippen molar-refractivity contribution < 1.29 is 9.66 Å². The highest BCUT2D eigenvalue weighted by atomic mass is 79.9. The summed E-state index contributed by atoms with van der Waals surface area (Å²) in [6.45, 7) is 0.573. The largest absolute Gasteiger partial charge is 0.497 e. The normalized spacial score (nSPS) is 10.1. The summed E-state index contributed by atoms with van der Waals surface area (Å²) in [4.78, 5) is 10.3. The summed E-state index contributed by atoms with van der Waals surface area (Å²) in [5.74, 6) is 0.797. The molecule has 0 radical (unpaired) electrons. The van der Waals surface area contributed by atoms with Gasteiger partial charge < -0.3 is 10.1 Å². The van der Waals surface area contributed by atoms with Crippen molar-refractivity contribution in [2.24, 2.45) is 0 Å². The van der Waals surface area contributed by atoms with E-state index in [4.69, 9.17) is 4.74 Å². The second-order valence-corrected chi connectivity index (χ2v) is 4.98. The summed E-state index contributed by atoms with van der Waals surface area (Å²) in [7, 11) is 1.62. The lowest BCUT2D eigenvalue weighted by molar-refractivity contribution is -0.384. The highest BCUT2D eigenvalue weighted by Gasteiger charge is 2.09. The molecule has 0 amide bonds. The molecule has 2 rings (SSSR count). The monoisotopic (exact) mass is 336 g/mol. The number of rotatable bonds is 5. The van der Waals surface area contributed by atoms with E-state index < -0.39 is 4.92 Å². The van der Waals surface area contributed by atoms with Gasteiger partial charge in [-0.05, 0) is 39.7 Å². The number of nitrogens with zero attached hydrogens (tertiary/aromatic N) is 1. The van der Waals surface area contributed by atoms with Crippen molar-refractivity contribution in [1.29, 1.82) is 0 Å². The average molecular weight is 337 g/mol. The summed E-state index contributed by atoms with van der Waals surface area (Å²) in [5.41, 5.74) is 1.81. The van der Waals surface area contributed by atoms with Crippen LogP contribution in [0.4, 0.5) is 11.4 Å². The Morgan fingerprint density at radius 2 is 1.95 bits per heavy atom. The fourth-order valence-corrected chi connectivity index (χ4v) is 2.09. The number of ether oxygens (including phenoxy) is 1. The molecular formula is C14H13BrN2O3. The first kappa shape index (κ1) is 14.3. The highest BCUT2D eigenvalue weighted by molar-refractivity contribution is 9.10. The zero-order chi connectivity index (χ0) is 14.5. The van der Waals surface area contributed by atoms with E-state index >= 15 is 0 Å². The highest BCUT2D eigenvalue weighted by Crippen LogP contribution is 2.27. The maximum atomic E-state index is 10.8. The number of nitrogens with one attached hydrogen (secondary N) is 1. The minimum absolute atomic E-state index is 0.0606. The summed E-state index contributed by atoms with van der Waals surface area (Å²) in [6.07, 6.45) is 0. The number of methoxy groups -OCH3 is 1. The van der Waals surface area contributed by atoms with Gasteiger partial charge in [-0.25, -0.2) is 0 Å². The van der Waals surface area contributed by atoms with E-state index in [1.54, 1.807) is 13.2 Å². The molecule has 0 atom stereocenters. The van der Waals surface area contributed by atoms with Crippen LogP contribution in [-0.4, -0.2) is 12.0 Å². The van der Waals surface area contributed by atoms with E-state index in [2.05, 4.69) is 21.2 Å². The standard InChI is InChI=1S/C14H13BrN2O3/c1-20-12-5-2-10(3-6-12)9-16-14-8-11(17(18)19)4-7-13(14)15/h2-8,16H,9H2,1H3. The lowest BCUT2D eigenvalue weighted by atomic mass is 10.2. The van der Waals surface area contributed by atoms with E-state index in [1.165, 1.54) is 12.1 Å². The van der Waals surface area contributed by atoms with Crippen molar-refractivity contribution >= 4 is 27.3 Å². The topological polar surface area (TPSA) is 64.4 Å². The quantitative estimate of drug-likeness (QED) is 0.662. The minimum Gasteiger partial charge on any atom is -0.497 e. The molecule has 0 saturated heterocycles. The first-order valence-electron chi connectivity index (χ1n) is 5.91. The molecule has 0 aliphatic carbocycles. The van der Waals surface area contributed by atoms with Crippen LogP contribution in [0.15, 0.2) is 46.9 Å². The predicted octanol–water partition coefficient (Wildman–Crippen LogP) is 3.98. The van der Waals surface area contributed by atoms with Crippen LogP contribution in [0.2, 0.25) is 0 Å². The van der Waals surface area contributed by atoms with Gasteiger partial charge in [-0.15, -0.1) is 0 Å². The zero-order valence-electron chi connectivity index (χ0n) is 10.8. The molecule has 0 fully saturated rings. The Hall–Kier alpha value is -2.08. The number of non-ortho nitro benzene ring substituents is 1. The average Bonchev–Trinajstić information content (AvgIpc) is 2.46. The molecule has 0 bridgehead atoms. The van der Waals surface area contributed by atoms with Gasteiger partial charge >= 0.3 is 0 Å². The molecule has 1 N–H and O–H groups in total. The molecule has 6 heteroatoms. The van der Waals surface area contributed by atoms with Crippen LogP contribution in [-0.2, 0) is 6.54 Å². The molecule has 0 heterocycles. The fourth-order valence-electron chi connectivity index (χ4n) is 1.70. The van der Waals surface area contributed by atoms with Gasteiger partial charge in [-0.2, -0.15) is 0 Å². The minimum atomic E-state index is -0.412. The molecule has 0 aliphatic heterocycles. The Kier molecular flexibility index (Phi) is 4.57. The van der Waals surface area contributed by atoms with Crippen LogP contribution in [0.3, 0.4) is 0 Å². The zero-order valence-corrected chi connectivity index (χ0v) is 12.4. The summed E-state index contributed by atoms with van der Waals surface area (Å²) in [5, 5.41) is 13.9. The molecule has 2 aromatic rings. The van der Waals surface area contributed by atoms with E-state index in [0.717, 1.165) is 15.8 Å². The van der Waals surface area contributed by atoms with Crippen LogP contribution >= 0.6 is 15.9 Å². The van der Waals surface area contributed by atoms with Gasteiger partial charge in [-0.3, -0.25) is 10.1 Å². The Bertz CT molecular complexity index is 614. The summed E-state index contributed by atoms with van der Waals surface area (Å²) in [6, 6.07) is 12.3. The van der Waals surface area contributed by atoms with Gasteiger partial charge in [0, 0.05) is 23.2 Å². The molecule has 0 unspecified atom stereocenters. The first-order valence-corrected chi connectivity index (χ1v) is 6.70. The maximum absolute atomic E-state index is 10.8. The molecular weight excluding hydrogens is 324 g/mol. The van der Waals surface area contributed by atoms with Crippen LogP contribution in [0.5, 0.6) is 5.75 Å². The summed E-state index contributed by atoms with van der Waals surface area (Å²) >= 11 is 3.37. The Labute approximate surface area is 124 Å². The first-order chi connectivity index (χ1) is 9.60. The fraction of sp³-hybridized carbons (Fsp3) is 0.143. The molecule has 0 saturated carbocycles. The van der Waals surface area contributed by atoms with Crippen LogP contribution in [0, 0.1) is 10.1 Å². The third-order valence-electron chi connectivity index (χ3n) is 2.80. The number of nitro groups is 1. The van der Waals surface area contributed by atoms with E-state index in [-0.39, 0.29) is 5.69 Å². The molecule has 104 valence electrons. The molecule has 0 aromatic heterocycles. The van der Waals surface area contributed by atoms with Gasteiger partial charge in [0.1, 0.15) is 5.75 Å². The molecule has 5 nitrogen and oxygen atoms in total. The Balaban J connectivity index is 2.09. The molecule has 0 spiro atoms. The van der Waals surface area contributed by atoms with Gasteiger partial charge in [0.2, 0.25) is 0 Å². The van der Waals surface area contributed by atoms with Crippen LogP contribution in [0.1, 0.15) is 5.56 Å². The maximum Gasteiger partial charge on any atom is 0.271 e. The number of hydrogen-bond acceptors (Lipinski definition) is 4. The van der Waals surface area contributed by atoms with Gasteiger partial charge in [0.25, 0.3) is 5.69 Å². The van der Waals surface area contributed by atoms with Crippen molar-refractivity contribution in [3.8, 4) is 5.75 Å². The number of anilines is 1. The van der Waals surface area contributed by atoms with Crippen molar-refractivity contribution in [1.82, 2.24) is 0 Å². The number of hydrogen-bond donors (Lipinski definition) is 1. The van der Waals surface area contributed by atoms with Gasteiger partial charge in [0.15, 0.2) is 0 Å². The second-order valence-electron chi connectivity index (χ2n) is 4.12. The van der Waals surface area contributed by atoms with Crippen molar-refractivity contribution in [2.45, 2.75) is 6.54 Å². The van der Waals surface area contributed by atoms with Crippen molar-refractivity contribution in [3.63, 3.8) is 0 Å². The lowest BCUT2D eigenvalue weighted by Gasteiger charge is -2.09.